The van der Waals surface area contributed by atoms with E-state index < -0.39 is 0 Å². The zero-order chi connectivity index (χ0) is 20.1. The van der Waals surface area contributed by atoms with Crippen molar-refractivity contribution in [3.63, 3.8) is 0 Å². The van der Waals surface area contributed by atoms with Crippen LogP contribution in [0, 0.1) is 0 Å². The molecule has 3 aromatic rings. The summed E-state index contributed by atoms with van der Waals surface area (Å²) in [5, 5.41) is 3.11. The number of methoxy groups -OCH3 is 2. The average Bonchev–Trinajstić information content (AvgIpc) is 2.70. The fourth-order valence-corrected chi connectivity index (χ4v) is 2.64. The normalized spacial score (nSPS) is 10.6. The van der Waals surface area contributed by atoms with Crippen LogP contribution in [-0.2, 0) is 0 Å². The maximum atomic E-state index is 6.16. The minimum absolute atomic E-state index is 0.127. The van der Waals surface area contributed by atoms with E-state index in [1.807, 2.05) is 24.3 Å². The zero-order valence-electron chi connectivity index (χ0n) is 16.3. The van der Waals surface area contributed by atoms with Gasteiger partial charge in [0.1, 0.15) is 11.6 Å². The first kappa shape index (κ1) is 19.2. The zero-order valence-corrected chi connectivity index (χ0v) is 16.3. The lowest BCUT2D eigenvalue weighted by atomic mass is 10.0. The number of benzene rings is 1. The van der Waals surface area contributed by atoms with Crippen molar-refractivity contribution in [1.82, 2.24) is 15.0 Å². The highest BCUT2D eigenvalue weighted by Gasteiger charge is 2.18. The number of nitrogen functional groups attached to an aromatic ring is 1. The van der Waals surface area contributed by atoms with Crippen LogP contribution in [0.1, 0.15) is 25.3 Å². The molecule has 0 spiro atoms. The largest absolute Gasteiger partial charge is 0.493 e. The molecule has 2 aromatic heterocycles. The average molecular weight is 381 g/mol. The standard InChI is InChI=1S/C20H23N5O3/c1-12(2)13-9-15(26-3)16(27-4)10-14(13)28-17-11-23-20(21)25-19(17)24-18-7-5-6-8-22-18/h5-12H,1-4H3,(H3,21,22,23,24,25). The third kappa shape index (κ3) is 4.22. The topological polar surface area (TPSA) is 104 Å². The van der Waals surface area contributed by atoms with Gasteiger partial charge in [0, 0.05) is 17.8 Å². The van der Waals surface area contributed by atoms with Crippen molar-refractivity contribution >= 4 is 17.6 Å². The molecule has 0 bridgehead atoms. The van der Waals surface area contributed by atoms with Crippen LogP contribution in [0.15, 0.2) is 42.7 Å². The molecule has 8 nitrogen and oxygen atoms in total. The molecule has 146 valence electrons. The molecule has 1 aromatic carbocycles. The molecular weight excluding hydrogens is 358 g/mol. The predicted octanol–water partition coefficient (Wildman–Crippen LogP) is 4.13. The first-order valence-electron chi connectivity index (χ1n) is 8.76. The second-order valence-electron chi connectivity index (χ2n) is 6.28. The fourth-order valence-electron chi connectivity index (χ4n) is 2.64. The Kier molecular flexibility index (Phi) is 5.78. The Bertz CT molecular complexity index is 948. The molecule has 0 aliphatic rings. The summed E-state index contributed by atoms with van der Waals surface area (Å²) in [4.78, 5) is 12.5. The van der Waals surface area contributed by atoms with Crippen LogP contribution in [0.5, 0.6) is 23.0 Å². The van der Waals surface area contributed by atoms with E-state index in [1.165, 1.54) is 6.20 Å². The number of ether oxygens (including phenoxy) is 3. The Labute approximate surface area is 163 Å². The van der Waals surface area contributed by atoms with E-state index in [0.717, 1.165) is 5.56 Å². The van der Waals surface area contributed by atoms with Gasteiger partial charge in [-0.05, 0) is 24.1 Å². The monoisotopic (exact) mass is 381 g/mol. The fraction of sp³-hybridized carbons (Fsp3) is 0.250. The molecule has 0 saturated carbocycles. The van der Waals surface area contributed by atoms with Crippen molar-refractivity contribution in [2.24, 2.45) is 0 Å². The maximum Gasteiger partial charge on any atom is 0.222 e. The summed E-state index contributed by atoms with van der Waals surface area (Å²) in [7, 11) is 3.18. The Morgan fingerprint density at radius 1 is 0.964 bits per heavy atom. The molecule has 8 heteroatoms. The van der Waals surface area contributed by atoms with Gasteiger partial charge < -0.3 is 25.3 Å². The van der Waals surface area contributed by atoms with Gasteiger partial charge in [0.05, 0.1) is 20.4 Å². The van der Waals surface area contributed by atoms with Crippen LogP contribution >= 0.6 is 0 Å². The SMILES string of the molecule is COc1cc(Oc2cnc(N)nc2Nc2ccccn2)c(C(C)C)cc1OC. The number of nitrogens with two attached hydrogens (primary N) is 1. The third-order valence-corrected chi connectivity index (χ3v) is 4.04. The molecule has 28 heavy (non-hydrogen) atoms. The van der Waals surface area contributed by atoms with Crippen molar-refractivity contribution in [3.05, 3.63) is 48.3 Å². The summed E-state index contributed by atoms with van der Waals surface area (Å²) in [5.41, 5.74) is 6.72. The van der Waals surface area contributed by atoms with Gasteiger partial charge in [-0.25, -0.2) is 9.97 Å². The van der Waals surface area contributed by atoms with Crippen LogP contribution in [0.3, 0.4) is 0 Å². The summed E-state index contributed by atoms with van der Waals surface area (Å²) in [5.74, 6) is 3.58. The third-order valence-electron chi connectivity index (χ3n) is 4.04. The van der Waals surface area contributed by atoms with Crippen LogP contribution in [0.25, 0.3) is 0 Å². The van der Waals surface area contributed by atoms with E-state index >= 15 is 0 Å². The highest BCUT2D eigenvalue weighted by atomic mass is 16.5. The number of pyridine rings is 1. The number of aromatic nitrogens is 3. The number of anilines is 3. The summed E-state index contributed by atoms with van der Waals surface area (Å²) in [6.07, 6.45) is 3.20. The van der Waals surface area contributed by atoms with Crippen molar-refractivity contribution in [2.45, 2.75) is 19.8 Å². The predicted molar refractivity (Wildman–Crippen MR) is 108 cm³/mol. The number of hydrogen-bond donors (Lipinski definition) is 2. The van der Waals surface area contributed by atoms with Gasteiger partial charge in [0.15, 0.2) is 23.1 Å². The van der Waals surface area contributed by atoms with Gasteiger partial charge in [0.2, 0.25) is 5.95 Å². The molecule has 0 amide bonds. The minimum Gasteiger partial charge on any atom is -0.493 e. The summed E-state index contributed by atoms with van der Waals surface area (Å²) in [6.45, 7) is 4.14. The van der Waals surface area contributed by atoms with Crippen LogP contribution < -0.4 is 25.3 Å². The molecule has 0 radical (unpaired) electrons. The van der Waals surface area contributed by atoms with Crippen LogP contribution in [0.2, 0.25) is 0 Å². The molecule has 2 heterocycles. The lowest BCUT2D eigenvalue weighted by Gasteiger charge is -2.18. The van der Waals surface area contributed by atoms with E-state index in [1.54, 1.807) is 26.5 Å². The van der Waals surface area contributed by atoms with Gasteiger partial charge in [-0.2, -0.15) is 4.98 Å². The summed E-state index contributed by atoms with van der Waals surface area (Å²) in [6, 6.07) is 9.21. The van der Waals surface area contributed by atoms with Gasteiger partial charge >= 0.3 is 0 Å². The molecule has 3 N–H and O–H groups in total. The summed E-state index contributed by atoms with van der Waals surface area (Å²) < 4.78 is 17.0. The van der Waals surface area contributed by atoms with Gasteiger partial charge in [0.25, 0.3) is 0 Å². The summed E-state index contributed by atoms with van der Waals surface area (Å²) >= 11 is 0. The minimum atomic E-state index is 0.127. The van der Waals surface area contributed by atoms with Crippen molar-refractivity contribution in [3.8, 4) is 23.0 Å². The number of nitrogens with zero attached hydrogens (tertiary/aromatic N) is 3. The van der Waals surface area contributed by atoms with Crippen molar-refractivity contribution in [1.29, 1.82) is 0 Å². The Morgan fingerprint density at radius 2 is 1.71 bits per heavy atom. The number of rotatable bonds is 7. The van der Waals surface area contributed by atoms with Crippen LogP contribution in [0.4, 0.5) is 17.6 Å². The first-order valence-corrected chi connectivity index (χ1v) is 8.76. The lowest BCUT2D eigenvalue weighted by Crippen LogP contribution is -2.04. The van der Waals surface area contributed by atoms with E-state index in [9.17, 15) is 0 Å². The first-order chi connectivity index (χ1) is 13.5. The molecule has 0 atom stereocenters. The second kappa shape index (κ2) is 8.43. The molecular formula is C20H23N5O3. The van der Waals surface area contributed by atoms with Crippen molar-refractivity contribution < 1.29 is 14.2 Å². The highest BCUT2D eigenvalue weighted by molar-refractivity contribution is 5.62. The maximum absolute atomic E-state index is 6.16. The van der Waals surface area contributed by atoms with Gasteiger partial charge in [-0.3, -0.25) is 0 Å². The lowest BCUT2D eigenvalue weighted by molar-refractivity contribution is 0.350. The number of hydrogen-bond acceptors (Lipinski definition) is 8. The van der Waals surface area contributed by atoms with Crippen molar-refractivity contribution in [2.75, 3.05) is 25.3 Å². The Hall–Kier alpha value is -3.55. The Morgan fingerprint density at radius 3 is 2.36 bits per heavy atom. The molecule has 0 aliphatic heterocycles. The molecule has 0 aliphatic carbocycles. The number of nitrogens with one attached hydrogen (secondary N) is 1. The van der Waals surface area contributed by atoms with Gasteiger partial charge in [-0.15, -0.1) is 0 Å². The molecule has 3 rings (SSSR count). The van der Waals surface area contributed by atoms with E-state index in [-0.39, 0.29) is 11.9 Å². The molecule has 0 saturated heterocycles. The van der Waals surface area contributed by atoms with E-state index in [2.05, 4.69) is 34.1 Å². The van der Waals surface area contributed by atoms with E-state index in [0.29, 0.717) is 34.6 Å². The second-order valence-corrected chi connectivity index (χ2v) is 6.28. The highest BCUT2D eigenvalue weighted by Crippen LogP contribution is 2.41. The molecule has 0 fully saturated rings. The van der Waals surface area contributed by atoms with Crippen LogP contribution in [-0.4, -0.2) is 29.2 Å². The Balaban J connectivity index is 2.01. The smallest absolute Gasteiger partial charge is 0.222 e. The quantitative estimate of drug-likeness (QED) is 0.629. The van der Waals surface area contributed by atoms with Gasteiger partial charge in [-0.1, -0.05) is 19.9 Å². The van der Waals surface area contributed by atoms with E-state index in [4.69, 9.17) is 19.9 Å². The molecule has 0 unspecified atom stereocenters.